The van der Waals surface area contributed by atoms with Gasteiger partial charge < -0.3 is 20.3 Å². The van der Waals surface area contributed by atoms with Gasteiger partial charge in [0.05, 0.1) is 19.6 Å². The Bertz CT molecular complexity index is 426. The van der Waals surface area contributed by atoms with Crippen LogP contribution in [0.15, 0.2) is 4.99 Å². The van der Waals surface area contributed by atoms with Crippen molar-refractivity contribution in [2.75, 3.05) is 39.8 Å². The topological polar surface area (TPSA) is 83.0 Å². The van der Waals surface area contributed by atoms with Gasteiger partial charge in [-0.1, -0.05) is 13.3 Å². The van der Waals surface area contributed by atoms with E-state index in [2.05, 4.69) is 15.6 Å². The van der Waals surface area contributed by atoms with Crippen molar-refractivity contribution in [1.29, 1.82) is 0 Å². The van der Waals surface area contributed by atoms with E-state index in [4.69, 9.17) is 4.74 Å². The van der Waals surface area contributed by atoms with Gasteiger partial charge >= 0.3 is 5.97 Å². The highest BCUT2D eigenvalue weighted by atomic mass is 16.5. The Balaban J connectivity index is 2.34. The second kappa shape index (κ2) is 11.7. The lowest BCUT2D eigenvalue weighted by molar-refractivity contribution is -0.144. The fourth-order valence-corrected chi connectivity index (χ4v) is 2.60. The summed E-state index contributed by atoms with van der Waals surface area (Å²) in [5.41, 5.74) is 0. The SMILES string of the molecule is CCNC(=NCC(C)C(=O)OC)NCCCN1CCCCCC1=O. The van der Waals surface area contributed by atoms with Crippen LogP contribution in [0.5, 0.6) is 0 Å². The molecule has 7 nitrogen and oxygen atoms in total. The van der Waals surface area contributed by atoms with Gasteiger partial charge in [0.1, 0.15) is 0 Å². The van der Waals surface area contributed by atoms with E-state index in [1.165, 1.54) is 7.11 Å². The summed E-state index contributed by atoms with van der Waals surface area (Å²) in [5, 5.41) is 6.41. The number of methoxy groups -OCH3 is 1. The number of hydrogen-bond acceptors (Lipinski definition) is 4. The molecule has 1 amide bonds. The number of carbonyl (C=O) groups excluding carboxylic acids is 2. The molecule has 1 aliphatic rings. The minimum absolute atomic E-state index is 0.255. The normalized spacial score (nSPS) is 17.2. The molecule has 1 fully saturated rings. The van der Waals surface area contributed by atoms with Crippen molar-refractivity contribution in [3.63, 3.8) is 0 Å². The molecule has 0 aliphatic carbocycles. The molecule has 0 aromatic rings. The van der Waals surface area contributed by atoms with Crippen molar-refractivity contribution in [3.8, 4) is 0 Å². The molecule has 0 bridgehead atoms. The zero-order chi connectivity index (χ0) is 17.8. The molecule has 1 unspecified atom stereocenters. The second-order valence-corrected chi connectivity index (χ2v) is 6.12. The lowest BCUT2D eigenvalue weighted by Gasteiger charge is -2.20. The van der Waals surface area contributed by atoms with Gasteiger partial charge in [0.25, 0.3) is 0 Å². The minimum atomic E-state index is -0.264. The molecule has 2 N–H and O–H groups in total. The van der Waals surface area contributed by atoms with Crippen LogP contribution >= 0.6 is 0 Å². The van der Waals surface area contributed by atoms with Crippen LogP contribution in [0.1, 0.15) is 46.0 Å². The number of aliphatic imine (C=N–C) groups is 1. The Hall–Kier alpha value is -1.79. The number of nitrogens with one attached hydrogen (secondary N) is 2. The van der Waals surface area contributed by atoms with Gasteiger partial charge in [0.2, 0.25) is 5.91 Å². The first-order valence-corrected chi connectivity index (χ1v) is 8.96. The number of amides is 1. The Kier molecular flexibility index (Phi) is 9.88. The summed E-state index contributed by atoms with van der Waals surface area (Å²) < 4.78 is 4.70. The summed E-state index contributed by atoms with van der Waals surface area (Å²) in [6, 6.07) is 0. The number of esters is 1. The third-order valence-electron chi connectivity index (χ3n) is 4.04. The Morgan fingerprint density at radius 2 is 2.12 bits per heavy atom. The van der Waals surface area contributed by atoms with Crippen molar-refractivity contribution in [2.45, 2.75) is 46.0 Å². The molecule has 7 heteroatoms. The fraction of sp³-hybridized carbons (Fsp3) is 0.824. The van der Waals surface area contributed by atoms with Crippen LogP contribution in [0, 0.1) is 5.92 Å². The predicted molar refractivity (Wildman–Crippen MR) is 94.8 cm³/mol. The molecular weight excluding hydrogens is 308 g/mol. The summed E-state index contributed by atoms with van der Waals surface area (Å²) in [4.78, 5) is 29.7. The second-order valence-electron chi connectivity index (χ2n) is 6.12. The van der Waals surface area contributed by atoms with Gasteiger partial charge in [-0.25, -0.2) is 0 Å². The van der Waals surface area contributed by atoms with Crippen molar-refractivity contribution >= 4 is 17.8 Å². The van der Waals surface area contributed by atoms with E-state index in [0.717, 1.165) is 51.9 Å². The molecular formula is C17H32N4O3. The molecule has 0 radical (unpaired) electrons. The van der Waals surface area contributed by atoms with Gasteiger partial charge in [-0.15, -0.1) is 0 Å². The van der Waals surface area contributed by atoms with Crippen LogP contribution in [0.2, 0.25) is 0 Å². The first kappa shape index (κ1) is 20.3. The van der Waals surface area contributed by atoms with Crippen LogP contribution in [0.25, 0.3) is 0 Å². The average molecular weight is 340 g/mol. The zero-order valence-corrected chi connectivity index (χ0v) is 15.3. The summed E-state index contributed by atoms with van der Waals surface area (Å²) in [7, 11) is 1.39. The maximum atomic E-state index is 11.9. The Morgan fingerprint density at radius 3 is 2.83 bits per heavy atom. The lowest BCUT2D eigenvalue weighted by atomic mass is 10.2. The van der Waals surface area contributed by atoms with Crippen molar-refractivity contribution in [2.24, 2.45) is 10.9 Å². The summed E-state index contributed by atoms with van der Waals surface area (Å²) >= 11 is 0. The molecule has 1 atom stereocenters. The molecule has 1 heterocycles. The van der Waals surface area contributed by atoms with E-state index in [0.29, 0.717) is 18.9 Å². The summed E-state index contributed by atoms with van der Waals surface area (Å²) in [5.74, 6) is 0.449. The first-order chi connectivity index (χ1) is 11.6. The van der Waals surface area contributed by atoms with Crippen LogP contribution in [-0.4, -0.2) is 62.6 Å². The third-order valence-corrected chi connectivity index (χ3v) is 4.04. The summed E-state index contributed by atoms with van der Waals surface area (Å²) in [6.45, 7) is 7.33. The summed E-state index contributed by atoms with van der Waals surface area (Å²) in [6.07, 6.45) is 4.83. The molecule has 0 aromatic heterocycles. The van der Waals surface area contributed by atoms with Crippen molar-refractivity contribution in [1.82, 2.24) is 15.5 Å². The van der Waals surface area contributed by atoms with Gasteiger partial charge in [-0.05, 0) is 26.2 Å². The molecule has 0 spiro atoms. The number of rotatable bonds is 8. The monoisotopic (exact) mass is 340 g/mol. The van der Waals surface area contributed by atoms with E-state index < -0.39 is 0 Å². The number of guanidine groups is 1. The molecule has 0 saturated carbocycles. The minimum Gasteiger partial charge on any atom is -0.469 e. The maximum absolute atomic E-state index is 11.9. The van der Waals surface area contributed by atoms with Gasteiger partial charge in [0.15, 0.2) is 5.96 Å². The van der Waals surface area contributed by atoms with Crippen LogP contribution in [0.4, 0.5) is 0 Å². The molecule has 138 valence electrons. The first-order valence-electron chi connectivity index (χ1n) is 8.96. The van der Waals surface area contributed by atoms with E-state index in [1.54, 1.807) is 6.92 Å². The van der Waals surface area contributed by atoms with Gasteiger partial charge in [0, 0.05) is 32.6 Å². The van der Waals surface area contributed by atoms with Crippen LogP contribution < -0.4 is 10.6 Å². The predicted octanol–water partition coefficient (Wildman–Crippen LogP) is 1.14. The highest BCUT2D eigenvalue weighted by Gasteiger charge is 2.16. The standard InChI is InChI=1S/C17H32N4O3/c1-4-18-17(20-13-14(2)16(23)24-3)19-10-8-12-21-11-7-5-6-9-15(21)22/h14H,4-13H2,1-3H3,(H2,18,19,20). The fourth-order valence-electron chi connectivity index (χ4n) is 2.60. The molecule has 1 saturated heterocycles. The zero-order valence-electron chi connectivity index (χ0n) is 15.3. The maximum Gasteiger partial charge on any atom is 0.310 e. The smallest absolute Gasteiger partial charge is 0.310 e. The lowest BCUT2D eigenvalue weighted by Crippen LogP contribution is -2.40. The molecule has 1 aliphatic heterocycles. The quantitative estimate of drug-likeness (QED) is 0.300. The van der Waals surface area contributed by atoms with Gasteiger partial charge in [-0.3, -0.25) is 14.6 Å². The Labute approximate surface area is 145 Å². The third kappa shape index (κ3) is 7.66. The number of likely N-dealkylation sites (tertiary alicyclic amines) is 1. The molecule has 24 heavy (non-hydrogen) atoms. The molecule has 1 rings (SSSR count). The average Bonchev–Trinajstić information content (AvgIpc) is 2.79. The number of ether oxygens (including phenoxy) is 1. The molecule has 0 aromatic carbocycles. The van der Waals surface area contributed by atoms with E-state index >= 15 is 0 Å². The van der Waals surface area contributed by atoms with E-state index in [9.17, 15) is 9.59 Å². The number of nitrogens with zero attached hydrogens (tertiary/aromatic N) is 2. The van der Waals surface area contributed by atoms with Crippen molar-refractivity contribution < 1.29 is 14.3 Å². The largest absolute Gasteiger partial charge is 0.469 e. The highest BCUT2D eigenvalue weighted by Crippen LogP contribution is 2.11. The van der Waals surface area contributed by atoms with E-state index in [1.807, 2.05) is 11.8 Å². The highest BCUT2D eigenvalue weighted by molar-refractivity contribution is 5.80. The van der Waals surface area contributed by atoms with Crippen LogP contribution in [0.3, 0.4) is 0 Å². The van der Waals surface area contributed by atoms with Gasteiger partial charge in [-0.2, -0.15) is 0 Å². The van der Waals surface area contributed by atoms with Crippen molar-refractivity contribution in [3.05, 3.63) is 0 Å². The Morgan fingerprint density at radius 1 is 1.33 bits per heavy atom. The number of carbonyl (C=O) groups is 2. The number of hydrogen-bond donors (Lipinski definition) is 2. The van der Waals surface area contributed by atoms with E-state index in [-0.39, 0.29) is 17.8 Å². The van der Waals surface area contributed by atoms with Crippen LogP contribution in [-0.2, 0) is 14.3 Å².